The lowest BCUT2D eigenvalue weighted by Crippen LogP contribution is -2.32. The van der Waals surface area contributed by atoms with Crippen LogP contribution in [0.2, 0.25) is 0 Å². The highest BCUT2D eigenvalue weighted by atomic mass is 32.2. The van der Waals surface area contributed by atoms with Gasteiger partial charge < -0.3 is 10.1 Å². The SMILES string of the molecule is CCNS(=O)(=O)c1cc(C(=O)N[C@H](C)CC)ccc1OCC. The zero-order valence-electron chi connectivity index (χ0n) is 13.5. The molecule has 0 aliphatic carbocycles. The van der Waals surface area contributed by atoms with Gasteiger partial charge in [-0.25, -0.2) is 13.1 Å². The molecule has 0 unspecified atom stereocenters. The summed E-state index contributed by atoms with van der Waals surface area (Å²) in [6.07, 6.45) is 0.797. The molecular weight excluding hydrogens is 304 g/mol. The van der Waals surface area contributed by atoms with Gasteiger partial charge in [-0.1, -0.05) is 13.8 Å². The number of rotatable bonds is 8. The van der Waals surface area contributed by atoms with E-state index in [1.54, 1.807) is 19.9 Å². The van der Waals surface area contributed by atoms with Crippen molar-refractivity contribution < 1.29 is 17.9 Å². The fourth-order valence-corrected chi connectivity index (χ4v) is 3.02. The second-order valence-corrected chi connectivity index (χ2v) is 6.61. The van der Waals surface area contributed by atoms with Crippen LogP contribution in [-0.2, 0) is 10.0 Å². The Hall–Kier alpha value is -1.60. The van der Waals surface area contributed by atoms with Crippen LogP contribution in [0, 0.1) is 0 Å². The molecule has 0 fully saturated rings. The number of nitrogens with one attached hydrogen (secondary N) is 2. The summed E-state index contributed by atoms with van der Waals surface area (Å²) in [6.45, 7) is 7.92. The van der Waals surface area contributed by atoms with Crippen LogP contribution in [0.25, 0.3) is 0 Å². The van der Waals surface area contributed by atoms with Crippen molar-refractivity contribution in [1.29, 1.82) is 0 Å². The Balaban J connectivity index is 3.22. The predicted molar refractivity (Wildman–Crippen MR) is 85.7 cm³/mol. The molecule has 0 saturated heterocycles. The molecule has 7 heteroatoms. The molecule has 0 bridgehead atoms. The van der Waals surface area contributed by atoms with Crippen molar-refractivity contribution in [2.45, 2.75) is 45.1 Å². The normalized spacial score (nSPS) is 12.7. The minimum atomic E-state index is -3.71. The van der Waals surface area contributed by atoms with Gasteiger partial charge in [0.1, 0.15) is 10.6 Å². The summed E-state index contributed by atoms with van der Waals surface area (Å²) in [5, 5.41) is 2.81. The van der Waals surface area contributed by atoms with Crippen molar-refractivity contribution in [1.82, 2.24) is 10.0 Å². The zero-order chi connectivity index (χ0) is 16.8. The van der Waals surface area contributed by atoms with E-state index in [2.05, 4.69) is 10.0 Å². The molecule has 0 aliphatic rings. The van der Waals surface area contributed by atoms with Gasteiger partial charge in [-0.15, -0.1) is 0 Å². The molecule has 0 saturated carbocycles. The molecule has 0 aromatic heterocycles. The summed E-state index contributed by atoms with van der Waals surface area (Å²) in [6, 6.07) is 4.45. The van der Waals surface area contributed by atoms with E-state index in [1.807, 2.05) is 13.8 Å². The van der Waals surface area contributed by atoms with Gasteiger partial charge in [-0.05, 0) is 38.5 Å². The van der Waals surface area contributed by atoms with E-state index >= 15 is 0 Å². The monoisotopic (exact) mass is 328 g/mol. The second kappa shape index (κ2) is 8.14. The number of carbonyl (C=O) groups excluding carboxylic acids is 1. The van der Waals surface area contributed by atoms with Gasteiger partial charge in [0.05, 0.1) is 6.61 Å². The van der Waals surface area contributed by atoms with Crippen molar-refractivity contribution in [2.24, 2.45) is 0 Å². The summed E-state index contributed by atoms with van der Waals surface area (Å²) in [5.74, 6) is -0.0612. The van der Waals surface area contributed by atoms with Gasteiger partial charge in [0.2, 0.25) is 10.0 Å². The maximum Gasteiger partial charge on any atom is 0.251 e. The van der Waals surface area contributed by atoms with Crippen LogP contribution >= 0.6 is 0 Å². The number of benzene rings is 1. The van der Waals surface area contributed by atoms with Gasteiger partial charge in [-0.3, -0.25) is 4.79 Å². The van der Waals surface area contributed by atoms with Crippen LogP contribution in [0.15, 0.2) is 23.1 Å². The lowest BCUT2D eigenvalue weighted by Gasteiger charge is -2.14. The second-order valence-electron chi connectivity index (χ2n) is 4.88. The average molecular weight is 328 g/mol. The number of sulfonamides is 1. The molecule has 1 rings (SSSR count). The third kappa shape index (κ3) is 4.71. The topological polar surface area (TPSA) is 84.5 Å². The standard InChI is InChI=1S/C15H24N2O4S/c1-5-11(4)17-15(18)12-8-9-13(21-7-3)14(10-12)22(19,20)16-6-2/h8-11,16H,5-7H2,1-4H3,(H,17,18)/t11-/m1/s1. The van der Waals surface area contributed by atoms with E-state index in [9.17, 15) is 13.2 Å². The van der Waals surface area contributed by atoms with Gasteiger partial charge in [0.25, 0.3) is 5.91 Å². The smallest absolute Gasteiger partial charge is 0.251 e. The molecule has 1 aromatic carbocycles. The molecule has 1 aromatic rings. The highest BCUT2D eigenvalue weighted by molar-refractivity contribution is 7.89. The average Bonchev–Trinajstić information content (AvgIpc) is 2.47. The third-order valence-electron chi connectivity index (χ3n) is 3.12. The molecule has 1 amide bonds. The van der Waals surface area contributed by atoms with Crippen molar-refractivity contribution in [3.8, 4) is 5.75 Å². The Bertz CT molecular complexity index is 614. The number of ether oxygens (including phenoxy) is 1. The largest absolute Gasteiger partial charge is 0.492 e. The van der Waals surface area contributed by atoms with Crippen molar-refractivity contribution in [3.63, 3.8) is 0 Å². The number of amides is 1. The summed E-state index contributed by atoms with van der Waals surface area (Å²) < 4.78 is 32.3. The maximum absolute atomic E-state index is 12.3. The van der Waals surface area contributed by atoms with Crippen LogP contribution in [-0.4, -0.2) is 33.5 Å². The first-order valence-corrected chi connectivity index (χ1v) is 8.91. The number of hydrogen-bond acceptors (Lipinski definition) is 4. The summed E-state index contributed by atoms with van der Waals surface area (Å²) in [4.78, 5) is 12.1. The van der Waals surface area contributed by atoms with Gasteiger partial charge in [-0.2, -0.15) is 0 Å². The lowest BCUT2D eigenvalue weighted by atomic mass is 10.2. The van der Waals surface area contributed by atoms with Crippen LogP contribution < -0.4 is 14.8 Å². The fraction of sp³-hybridized carbons (Fsp3) is 0.533. The van der Waals surface area contributed by atoms with Gasteiger partial charge in [0.15, 0.2) is 0 Å². The molecule has 0 aliphatic heterocycles. The van der Waals surface area contributed by atoms with Crippen LogP contribution in [0.1, 0.15) is 44.5 Å². The Morgan fingerprint density at radius 2 is 1.95 bits per heavy atom. The minimum Gasteiger partial charge on any atom is -0.492 e. The quantitative estimate of drug-likeness (QED) is 0.763. The molecule has 6 nitrogen and oxygen atoms in total. The van der Waals surface area contributed by atoms with E-state index < -0.39 is 10.0 Å². The van der Waals surface area contributed by atoms with E-state index in [-0.39, 0.29) is 29.1 Å². The number of hydrogen-bond donors (Lipinski definition) is 2. The maximum atomic E-state index is 12.3. The van der Waals surface area contributed by atoms with E-state index in [0.717, 1.165) is 6.42 Å². The minimum absolute atomic E-state index is 0.0204. The highest BCUT2D eigenvalue weighted by Crippen LogP contribution is 2.25. The fourth-order valence-electron chi connectivity index (χ4n) is 1.81. The van der Waals surface area contributed by atoms with E-state index in [4.69, 9.17) is 4.74 Å². The van der Waals surface area contributed by atoms with Crippen molar-refractivity contribution in [3.05, 3.63) is 23.8 Å². The molecule has 2 N–H and O–H groups in total. The Kier molecular flexibility index (Phi) is 6.83. The third-order valence-corrected chi connectivity index (χ3v) is 4.69. The van der Waals surface area contributed by atoms with Gasteiger partial charge in [0, 0.05) is 18.2 Å². The van der Waals surface area contributed by atoms with E-state index in [0.29, 0.717) is 12.2 Å². The molecule has 124 valence electrons. The molecule has 0 heterocycles. The Morgan fingerprint density at radius 1 is 1.27 bits per heavy atom. The van der Waals surface area contributed by atoms with Crippen molar-refractivity contribution in [2.75, 3.05) is 13.2 Å². The molecule has 0 spiro atoms. The molecule has 22 heavy (non-hydrogen) atoms. The lowest BCUT2D eigenvalue weighted by molar-refractivity contribution is 0.0939. The zero-order valence-corrected chi connectivity index (χ0v) is 14.3. The molecule has 1 atom stereocenters. The summed E-state index contributed by atoms with van der Waals surface area (Å²) in [7, 11) is -3.71. The number of carbonyl (C=O) groups is 1. The Labute approximate surface area is 132 Å². The highest BCUT2D eigenvalue weighted by Gasteiger charge is 2.21. The van der Waals surface area contributed by atoms with Crippen LogP contribution in [0.3, 0.4) is 0 Å². The Morgan fingerprint density at radius 3 is 2.50 bits per heavy atom. The molecule has 0 radical (unpaired) electrons. The van der Waals surface area contributed by atoms with Crippen LogP contribution in [0.4, 0.5) is 0 Å². The first-order chi connectivity index (χ1) is 10.4. The molecular formula is C15H24N2O4S. The van der Waals surface area contributed by atoms with Gasteiger partial charge >= 0.3 is 0 Å². The van der Waals surface area contributed by atoms with Crippen LogP contribution in [0.5, 0.6) is 5.75 Å². The predicted octanol–water partition coefficient (Wildman–Crippen LogP) is 1.91. The summed E-state index contributed by atoms with van der Waals surface area (Å²) in [5.41, 5.74) is 0.292. The van der Waals surface area contributed by atoms with Crippen molar-refractivity contribution >= 4 is 15.9 Å². The summed E-state index contributed by atoms with van der Waals surface area (Å²) >= 11 is 0. The first-order valence-electron chi connectivity index (χ1n) is 7.43. The first kappa shape index (κ1) is 18.4. The van der Waals surface area contributed by atoms with E-state index in [1.165, 1.54) is 12.1 Å².